The maximum atomic E-state index is 13.9. The van der Waals surface area contributed by atoms with Gasteiger partial charge in [0, 0.05) is 25.7 Å². The highest BCUT2D eigenvalue weighted by molar-refractivity contribution is 7.91. The summed E-state index contributed by atoms with van der Waals surface area (Å²) in [5.41, 5.74) is 2.02. The van der Waals surface area contributed by atoms with E-state index in [2.05, 4.69) is 4.98 Å². The van der Waals surface area contributed by atoms with Gasteiger partial charge in [-0.3, -0.25) is 4.98 Å². The number of anilines is 1. The number of benzene rings is 1. The van der Waals surface area contributed by atoms with E-state index in [1.807, 2.05) is 11.8 Å². The summed E-state index contributed by atoms with van der Waals surface area (Å²) in [4.78, 5) is 5.72. The van der Waals surface area contributed by atoms with Crippen molar-refractivity contribution in [3.63, 3.8) is 0 Å². The van der Waals surface area contributed by atoms with Crippen molar-refractivity contribution in [3.8, 4) is 0 Å². The Morgan fingerprint density at radius 1 is 1.32 bits per heavy atom. The van der Waals surface area contributed by atoms with Crippen LogP contribution in [-0.2, 0) is 10.0 Å². The molecule has 1 aliphatic rings. The molecule has 1 aromatic heterocycles. The summed E-state index contributed by atoms with van der Waals surface area (Å²) in [7, 11) is -3.51. The van der Waals surface area contributed by atoms with Crippen LogP contribution >= 0.6 is 11.3 Å². The van der Waals surface area contributed by atoms with Crippen LogP contribution < -0.4 is 4.90 Å². The first-order valence-electron chi connectivity index (χ1n) is 6.90. The molecule has 0 bridgehead atoms. The minimum absolute atomic E-state index is 0.236. The summed E-state index contributed by atoms with van der Waals surface area (Å²) in [6, 6.07) is 6.33. The second kappa shape index (κ2) is 5.94. The van der Waals surface area contributed by atoms with Gasteiger partial charge in [0.15, 0.2) is 4.21 Å². The number of sulfonamides is 1. The molecule has 0 spiro atoms. The predicted molar refractivity (Wildman–Crippen MR) is 84.1 cm³/mol. The number of nitrogens with zero attached hydrogens (tertiary/aromatic N) is 3. The summed E-state index contributed by atoms with van der Waals surface area (Å²) in [5, 5.41) is 0. The lowest BCUT2D eigenvalue weighted by atomic mass is 10.2. The van der Waals surface area contributed by atoms with Crippen molar-refractivity contribution in [2.75, 3.05) is 24.5 Å². The van der Waals surface area contributed by atoms with Crippen LogP contribution in [0, 0.1) is 5.82 Å². The van der Waals surface area contributed by atoms with E-state index in [-0.39, 0.29) is 16.1 Å². The maximum Gasteiger partial charge on any atom is 0.254 e. The second-order valence-corrected chi connectivity index (χ2v) is 8.19. The van der Waals surface area contributed by atoms with E-state index in [0.717, 1.165) is 11.3 Å². The molecule has 0 radical (unpaired) electrons. The molecular formula is C14H16FN3O2S2. The van der Waals surface area contributed by atoms with Crippen LogP contribution in [0.25, 0.3) is 0 Å². The number of para-hydroxylation sites is 1. The number of hydrogen-bond acceptors (Lipinski definition) is 5. The Kier molecular flexibility index (Phi) is 4.16. The zero-order chi connectivity index (χ0) is 15.7. The van der Waals surface area contributed by atoms with Crippen LogP contribution in [0.1, 0.15) is 6.92 Å². The lowest BCUT2D eigenvalue weighted by Gasteiger charge is -2.39. The number of thiazole rings is 1. The van der Waals surface area contributed by atoms with E-state index in [0.29, 0.717) is 25.3 Å². The van der Waals surface area contributed by atoms with Crippen LogP contribution in [0.2, 0.25) is 0 Å². The summed E-state index contributed by atoms with van der Waals surface area (Å²) < 4.78 is 40.7. The molecule has 3 rings (SSSR count). The molecule has 1 unspecified atom stereocenters. The molecule has 0 aliphatic carbocycles. The first-order chi connectivity index (χ1) is 10.5. The fourth-order valence-corrected chi connectivity index (χ4v) is 5.21. The van der Waals surface area contributed by atoms with Crippen molar-refractivity contribution < 1.29 is 12.8 Å². The van der Waals surface area contributed by atoms with Gasteiger partial charge in [0.05, 0.1) is 17.4 Å². The molecule has 1 aliphatic heterocycles. The number of halogens is 1. The zero-order valence-corrected chi connectivity index (χ0v) is 13.6. The average Bonchev–Trinajstić information content (AvgIpc) is 3.02. The van der Waals surface area contributed by atoms with Gasteiger partial charge in [-0.25, -0.2) is 12.8 Å². The van der Waals surface area contributed by atoms with E-state index in [9.17, 15) is 12.8 Å². The quantitative estimate of drug-likeness (QED) is 0.859. The first-order valence-corrected chi connectivity index (χ1v) is 9.22. The van der Waals surface area contributed by atoms with Gasteiger partial charge in [-0.2, -0.15) is 4.31 Å². The molecule has 1 fully saturated rings. The van der Waals surface area contributed by atoms with E-state index in [1.54, 1.807) is 18.2 Å². The largest absolute Gasteiger partial charge is 0.366 e. The zero-order valence-electron chi connectivity index (χ0n) is 12.0. The Balaban J connectivity index is 1.80. The average molecular weight is 341 g/mol. The Hall–Kier alpha value is -1.51. The molecule has 8 heteroatoms. The highest BCUT2D eigenvalue weighted by Crippen LogP contribution is 2.27. The Morgan fingerprint density at radius 3 is 2.73 bits per heavy atom. The minimum Gasteiger partial charge on any atom is -0.366 e. The molecule has 118 valence electrons. The van der Waals surface area contributed by atoms with Gasteiger partial charge in [0.25, 0.3) is 10.0 Å². The van der Waals surface area contributed by atoms with Crippen molar-refractivity contribution >= 4 is 27.0 Å². The van der Waals surface area contributed by atoms with E-state index < -0.39 is 10.0 Å². The molecule has 0 N–H and O–H groups in total. The van der Waals surface area contributed by atoms with Gasteiger partial charge in [-0.1, -0.05) is 12.1 Å². The highest BCUT2D eigenvalue weighted by Gasteiger charge is 2.35. The SMILES string of the molecule is CC1CN(c2ccccc2F)CCN1S(=O)(=O)c1cncs1. The first kappa shape index (κ1) is 15.4. The topological polar surface area (TPSA) is 53.5 Å². The molecule has 2 heterocycles. The van der Waals surface area contributed by atoms with Gasteiger partial charge < -0.3 is 4.90 Å². The number of hydrogen-bond donors (Lipinski definition) is 0. The Labute approximate surface area is 133 Å². The molecule has 0 amide bonds. The monoisotopic (exact) mass is 341 g/mol. The van der Waals surface area contributed by atoms with Crippen LogP contribution in [-0.4, -0.2) is 43.4 Å². The minimum atomic E-state index is -3.51. The Bertz CT molecular complexity index is 749. The molecular weight excluding hydrogens is 325 g/mol. The summed E-state index contributed by atoms with van der Waals surface area (Å²) in [6.45, 7) is 3.09. The van der Waals surface area contributed by atoms with Crippen LogP contribution in [0.4, 0.5) is 10.1 Å². The lowest BCUT2D eigenvalue weighted by molar-refractivity contribution is 0.306. The third-order valence-electron chi connectivity index (χ3n) is 3.73. The van der Waals surface area contributed by atoms with Crippen molar-refractivity contribution in [1.29, 1.82) is 0 Å². The van der Waals surface area contributed by atoms with Gasteiger partial charge in [0.1, 0.15) is 5.82 Å². The van der Waals surface area contributed by atoms with Crippen LogP contribution in [0.3, 0.4) is 0 Å². The lowest BCUT2D eigenvalue weighted by Crippen LogP contribution is -2.54. The summed E-state index contributed by atoms with van der Waals surface area (Å²) in [5.74, 6) is -0.284. The number of rotatable bonds is 3. The van der Waals surface area contributed by atoms with Gasteiger partial charge >= 0.3 is 0 Å². The molecule has 0 saturated carbocycles. The van der Waals surface area contributed by atoms with E-state index in [1.165, 1.54) is 22.1 Å². The van der Waals surface area contributed by atoms with Crippen molar-refractivity contribution in [1.82, 2.24) is 9.29 Å². The Morgan fingerprint density at radius 2 is 2.09 bits per heavy atom. The molecule has 1 atom stereocenters. The fraction of sp³-hybridized carbons (Fsp3) is 0.357. The van der Waals surface area contributed by atoms with E-state index >= 15 is 0 Å². The second-order valence-electron chi connectivity index (χ2n) is 5.18. The number of piperazine rings is 1. The third-order valence-corrected chi connectivity index (χ3v) is 6.99. The molecule has 1 aromatic carbocycles. The highest BCUT2D eigenvalue weighted by atomic mass is 32.2. The number of aromatic nitrogens is 1. The molecule has 5 nitrogen and oxygen atoms in total. The summed E-state index contributed by atoms with van der Waals surface area (Å²) in [6.07, 6.45) is 1.37. The van der Waals surface area contributed by atoms with Gasteiger partial charge in [0.2, 0.25) is 0 Å². The standard InChI is InChI=1S/C14H16FN3O2S2/c1-11-9-17(13-5-3-2-4-12(13)15)6-7-18(11)22(19,20)14-8-16-10-21-14/h2-5,8,10-11H,6-7,9H2,1H3. The third kappa shape index (κ3) is 2.73. The van der Waals surface area contributed by atoms with Crippen molar-refractivity contribution in [2.24, 2.45) is 0 Å². The van der Waals surface area contributed by atoms with Crippen molar-refractivity contribution in [3.05, 3.63) is 41.8 Å². The van der Waals surface area contributed by atoms with Crippen molar-refractivity contribution in [2.45, 2.75) is 17.2 Å². The van der Waals surface area contributed by atoms with Gasteiger partial charge in [-0.05, 0) is 19.1 Å². The summed E-state index contributed by atoms with van der Waals surface area (Å²) >= 11 is 1.11. The van der Waals surface area contributed by atoms with E-state index in [4.69, 9.17) is 0 Å². The molecule has 22 heavy (non-hydrogen) atoms. The predicted octanol–water partition coefficient (Wildman–Crippen LogP) is 2.18. The van der Waals surface area contributed by atoms with Crippen LogP contribution in [0.5, 0.6) is 0 Å². The molecule has 1 saturated heterocycles. The molecule has 2 aromatic rings. The smallest absolute Gasteiger partial charge is 0.254 e. The maximum absolute atomic E-state index is 13.9. The van der Waals surface area contributed by atoms with Gasteiger partial charge in [-0.15, -0.1) is 11.3 Å². The normalized spacial score (nSPS) is 20.3. The van der Waals surface area contributed by atoms with Crippen LogP contribution in [0.15, 0.2) is 40.2 Å². The fourth-order valence-electron chi connectivity index (χ4n) is 2.67.